The summed E-state index contributed by atoms with van der Waals surface area (Å²) in [6.45, 7) is 13.3. The number of rotatable bonds is 6. The Kier molecular flexibility index (Phi) is 7.51. The van der Waals surface area contributed by atoms with Crippen molar-refractivity contribution in [1.82, 2.24) is 0 Å². The zero-order chi connectivity index (χ0) is 17.4. The van der Waals surface area contributed by atoms with Crippen molar-refractivity contribution in [3.63, 3.8) is 0 Å². The molecular weight excluding hydrogens is 306 g/mol. The lowest BCUT2D eigenvalue weighted by Crippen LogP contribution is -2.00. The Labute approximate surface area is 142 Å². The van der Waals surface area contributed by atoms with E-state index >= 15 is 0 Å². The van der Waals surface area contributed by atoms with Gasteiger partial charge in [0.2, 0.25) is 0 Å². The van der Waals surface area contributed by atoms with Crippen LogP contribution in [0.15, 0.2) is 63.2 Å². The molecule has 5 heteroatoms. The molecule has 122 valence electrons. The van der Waals surface area contributed by atoms with E-state index in [1.54, 1.807) is 0 Å². The van der Waals surface area contributed by atoms with Crippen molar-refractivity contribution >= 4 is 34.8 Å². The molecular formula is C18H23N3OS. The Morgan fingerprint density at radius 1 is 1.30 bits per heavy atom. The summed E-state index contributed by atoms with van der Waals surface area (Å²) >= 11 is 1.38. The maximum absolute atomic E-state index is 9.29. The number of thioether (sulfide) groups is 1. The highest BCUT2D eigenvalue weighted by molar-refractivity contribution is 8.17. The predicted octanol–water partition coefficient (Wildman–Crippen LogP) is 4.26. The van der Waals surface area contributed by atoms with Crippen molar-refractivity contribution in [2.24, 2.45) is 10.2 Å². The number of hydrogen-bond acceptors (Lipinski definition) is 5. The van der Waals surface area contributed by atoms with Crippen LogP contribution in [0, 0.1) is 0 Å². The molecule has 0 bridgehead atoms. The fourth-order valence-electron chi connectivity index (χ4n) is 2.06. The van der Waals surface area contributed by atoms with Crippen LogP contribution in [0.1, 0.15) is 26.3 Å². The second-order valence-electron chi connectivity index (χ2n) is 4.88. The molecule has 0 saturated heterocycles. The van der Waals surface area contributed by atoms with Gasteiger partial charge in [0.05, 0.1) is 6.61 Å². The van der Waals surface area contributed by atoms with Gasteiger partial charge in [0.25, 0.3) is 0 Å². The van der Waals surface area contributed by atoms with Gasteiger partial charge in [-0.15, -0.1) is 5.10 Å². The van der Waals surface area contributed by atoms with E-state index in [-0.39, 0.29) is 6.61 Å². The average molecular weight is 329 g/mol. The summed E-state index contributed by atoms with van der Waals surface area (Å²) in [5.41, 5.74) is 10.5. The van der Waals surface area contributed by atoms with Gasteiger partial charge in [0, 0.05) is 12.4 Å². The van der Waals surface area contributed by atoms with Gasteiger partial charge in [-0.3, -0.25) is 0 Å². The van der Waals surface area contributed by atoms with Crippen LogP contribution in [0.2, 0.25) is 0 Å². The molecule has 0 aliphatic rings. The lowest BCUT2D eigenvalue weighted by atomic mass is 9.94. The quantitative estimate of drug-likeness (QED) is 0.269. The number of nitrogens with two attached hydrogens (primary N) is 1. The summed E-state index contributed by atoms with van der Waals surface area (Å²) in [6, 6.07) is 7.64. The molecule has 3 N–H and O–H groups in total. The summed E-state index contributed by atoms with van der Waals surface area (Å²) in [4.78, 5) is 1.02. The molecule has 0 aromatic heterocycles. The highest BCUT2D eigenvalue weighted by Gasteiger charge is 2.11. The summed E-state index contributed by atoms with van der Waals surface area (Å²) in [5, 5.41) is 17.1. The smallest absolute Gasteiger partial charge is 0.126 e. The molecule has 23 heavy (non-hydrogen) atoms. The second kappa shape index (κ2) is 9.12. The summed E-state index contributed by atoms with van der Waals surface area (Å²) in [5.74, 6) is 0. The Morgan fingerprint density at radius 3 is 2.39 bits per heavy atom. The van der Waals surface area contributed by atoms with Crippen molar-refractivity contribution in [3.05, 3.63) is 58.5 Å². The van der Waals surface area contributed by atoms with Gasteiger partial charge < -0.3 is 10.8 Å². The molecule has 0 atom stereocenters. The second-order valence-corrected chi connectivity index (χ2v) is 6.17. The maximum atomic E-state index is 9.29. The van der Waals surface area contributed by atoms with Gasteiger partial charge in [-0.2, -0.15) is 5.10 Å². The SMILES string of the molecule is C=N/N=C(/CO)S/C(C)=C(C)\C(=C\C)C(=C)c1ccc(N)cc1. The monoisotopic (exact) mass is 329 g/mol. The van der Waals surface area contributed by atoms with Crippen molar-refractivity contribution in [2.75, 3.05) is 12.3 Å². The number of aliphatic hydroxyl groups is 1. The molecule has 0 saturated carbocycles. The van der Waals surface area contributed by atoms with Crippen LogP contribution >= 0.6 is 11.8 Å². The van der Waals surface area contributed by atoms with Crippen LogP contribution in [0.25, 0.3) is 5.57 Å². The molecule has 0 spiro atoms. The molecule has 1 aromatic carbocycles. The number of nitrogens with zero attached hydrogens (tertiary/aromatic N) is 2. The van der Waals surface area contributed by atoms with E-state index in [1.165, 1.54) is 11.8 Å². The van der Waals surface area contributed by atoms with Crippen LogP contribution < -0.4 is 5.73 Å². The minimum absolute atomic E-state index is 0.168. The molecule has 0 amide bonds. The highest BCUT2D eigenvalue weighted by Crippen LogP contribution is 2.32. The van der Waals surface area contributed by atoms with Gasteiger partial charge >= 0.3 is 0 Å². The molecule has 4 nitrogen and oxygen atoms in total. The van der Waals surface area contributed by atoms with Crippen LogP contribution in [-0.2, 0) is 0 Å². The summed E-state index contributed by atoms with van der Waals surface area (Å²) in [7, 11) is 0. The molecule has 1 rings (SSSR count). The van der Waals surface area contributed by atoms with Gasteiger partial charge in [-0.05, 0) is 60.1 Å². The molecule has 0 fully saturated rings. The molecule has 0 radical (unpaired) electrons. The zero-order valence-corrected chi connectivity index (χ0v) is 14.7. The minimum Gasteiger partial charge on any atom is -0.399 e. The third-order valence-electron chi connectivity index (χ3n) is 3.39. The molecule has 0 aliphatic carbocycles. The Hall–Kier alpha value is -2.11. The standard InChI is InChI=1S/C18H23N3OS/c1-6-17(13(3)15-7-9-16(19)10-8-15)12(2)14(4)23-18(11-22)21-20-5/h6-10,22H,3,5,11,19H2,1-2,4H3/b14-12-,17-6-,21-18-. The van der Waals surface area contributed by atoms with Gasteiger partial charge in [-0.25, -0.2) is 0 Å². The number of nitrogen functional groups attached to an aromatic ring is 1. The summed E-state index contributed by atoms with van der Waals surface area (Å²) in [6.07, 6.45) is 2.03. The number of anilines is 1. The first-order valence-electron chi connectivity index (χ1n) is 7.15. The van der Waals surface area contributed by atoms with Crippen LogP contribution in [0.3, 0.4) is 0 Å². The van der Waals surface area contributed by atoms with E-state index in [2.05, 4.69) is 23.5 Å². The Morgan fingerprint density at radius 2 is 1.91 bits per heavy atom. The molecule has 0 aliphatic heterocycles. The summed E-state index contributed by atoms with van der Waals surface area (Å²) < 4.78 is 0. The molecule has 0 unspecified atom stereocenters. The number of hydrogen-bond donors (Lipinski definition) is 2. The van der Waals surface area contributed by atoms with Crippen LogP contribution in [0.4, 0.5) is 5.69 Å². The first-order valence-corrected chi connectivity index (χ1v) is 7.96. The van der Waals surface area contributed by atoms with E-state index in [4.69, 9.17) is 5.73 Å². The molecule has 0 heterocycles. The van der Waals surface area contributed by atoms with Crippen molar-refractivity contribution < 1.29 is 5.11 Å². The lowest BCUT2D eigenvalue weighted by Gasteiger charge is -2.15. The highest BCUT2D eigenvalue weighted by atomic mass is 32.2. The first-order chi connectivity index (χ1) is 10.9. The lowest BCUT2D eigenvalue weighted by molar-refractivity contribution is 0.360. The third-order valence-corrected chi connectivity index (χ3v) is 4.45. The normalized spacial score (nSPS) is 13.6. The van der Waals surface area contributed by atoms with Crippen molar-refractivity contribution in [2.45, 2.75) is 20.8 Å². The Bertz CT molecular complexity index is 670. The zero-order valence-electron chi connectivity index (χ0n) is 13.8. The van der Waals surface area contributed by atoms with E-state index in [0.29, 0.717) is 5.04 Å². The van der Waals surface area contributed by atoms with Crippen molar-refractivity contribution in [1.29, 1.82) is 0 Å². The number of allylic oxidation sites excluding steroid dienone is 5. The van der Waals surface area contributed by atoms with Gasteiger partial charge in [-0.1, -0.05) is 36.5 Å². The van der Waals surface area contributed by atoms with Gasteiger partial charge in [0.15, 0.2) is 0 Å². The fraction of sp³-hybridized carbons (Fsp3) is 0.222. The van der Waals surface area contributed by atoms with Gasteiger partial charge in [0.1, 0.15) is 5.04 Å². The predicted molar refractivity (Wildman–Crippen MR) is 104 cm³/mol. The number of benzene rings is 1. The van der Waals surface area contributed by atoms with E-state index in [1.807, 2.05) is 51.1 Å². The fourth-order valence-corrected chi connectivity index (χ4v) is 2.84. The topological polar surface area (TPSA) is 71.0 Å². The third kappa shape index (κ3) is 5.23. The van der Waals surface area contributed by atoms with E-state index in [9.17, 15) is 5.11 Å². The van der Waals surface area contributed by atoms with Crippen LogP contribution in [0.5, 0.6) is 0 Å². The Balaban J connectivity index is 3.10. The first kappa shape index (κ1) is 18.9. The van der Waals surface area contributed by atoms with E-state index in [0.717, 1.165) is 32.9 Å². The largest absolute Gasteiger partial charge is 0.399 e. The average Bonchev–Trinajstić information content (AvgIpc) is 2.55. The number of aliphatic hydroxyl groups excluding tert-OH is 1. The van der Waals surface area contributed by atoms with Crippen LogP contribution in [-0.4, -0.2) is 23.5 Å². The minimum atomic E-state index is -0.168. The van der Waals surface area contributed by atoms with E-state index < -0.39 is 0 Å². The molecule has 1 aromatic rings. The maximum Gasteiger partial charge on any atom is 0.126 e. The van der Waals surface area contributed by atoms with Crippen molar-refractivity contribution in [3.8, 4) is 0 Å².